The van der Waals surface area contributed by atoms with Gasteiger partial charge in [-0.05, 0) is 11.6 Å². The van der Waals surface area contributed by atoms with E-state index in [1.165, 1.54) is 0 Å². The van der Waals surface area contributed by atoms with Crippen molar-refractivity contribution in [2.24, 2.45) is 5.73 Å². The molecule has 7 heteroatoms. The second kappa shape index (κ2) is 3.97. The summed E-state index contributed by atoms with van der Waals surface area (Å²) in [5.74, 6) is -1.25. The predicted molar refractivity (Wildman–Crippen MR) is 36.8 cm³/mol. The van der Waals surface area contributed by atoms with Crippen LogP contribution < -0.4 is 5.73 Å². The van der Waals surface area contributed by atoms with Gasteiger partial charge in [0.1, 0.15) is 6.04 Å². The molecule has 0 heterocycles. The first kappa shape index (κ1) is 11.5. The molecule has 0 aromatic heterocycles. The molecule has 0 aliphatic carbocycles. The van der Waals surface area contributed by atoms with E-state index >= 15 is 0 Å². The third-order valence-electron chi connectivity index (χ3n) is 1.16. The third kappa shape index (κ3) is 2.88. The molecule has 0 saturated carbocycles. The molecule has 2 atom stereocenters. The molecule has 0 fully saturated rings. The zero-order chi connectivity index (χ0) is 9.94. The lowest BCUT2D eigenvalue weighted by molar-refractivity contribution is -0.154. The normalized spacial score (nSPS) is 16.8. The van der Waals surface area contributed by atoms with Crippen LogP contribution in [0.25, 0.3) is 0 Å². The Kier molecular flexibility index (Phi) is 3.82. The molecule has 0 rings (SSSR count). The van der Waals surface area contributed by atoms with Gasteiger partial charge in [-0.2, -0.15) is 8.78 Å². The van der Waals surface area contributed by atoms with Crippen molar-refractivity contribution in [1.82, 2.24) is 0 Å². The lowest BCUT2D eigenvalue weighted by atomic mass is 10.2. The van der Waals surface area contributed by atoms with Crippen molar-refractivity contribution in [3.05, 3.63) is 0 Å². The summed E-state index contributed by atoms with van der Waals surface area (Å²) in [4.78, 5) is 10.5. The molecule has 72 valence electrons. The number of methoxy groups -OCH3 is 1. The van der Waals surface area contributed by atoms with E-state index in [-0.39, 0.29) is 0 Å². The van der Waals surface area contributed by atoms with Gasteiger partial charge in [0, 0.05) is 0 Å². The Morgan fingerprint density at radius 1 is 1.75 bits per heavy atom. The number of aliphatic hydroxyl groups is 1. The van der Waals surface area contributed by atoms with Crippen LogP contribution in [0.5, 0.6) is 0 Å². The molecule has 3 N–H and O–H groups in total. The first-order chi connectivity index (χ1) is 5.30. The van der Waals surface area contributed by atoms with Crippen LogP contribution in [0.2, 0.25) is 0 Å². The Morgan fingerprint density at radius 2 is 2.17 bits per heavy atom. The Balaban J connectivity index is 4.29. The van der Waals surface area contributed by atoms with Crippen LogP contribution >= 0.6 is 11.6 Å². The summed E-state index contributed by atoms with van der Waals surface area (Å²) < 4.78 is 28.2. The summed E-state index contributed by atoms with van der Waals surface area (Å²) in [6.45, 7) is 0. The van der Waals surface area contributed by atoms with E-state index in [0.29, 0.717) is 0 Å². The average molecular weight is 204 g/mol. The van der Waals surface area contributed by atoms with E-state index in [0.717, 1.165) is 7.11 Å². The molecule has 0 aliphatic rings. The second-order valence-corrected chi connectivity index (χ2v) is 2.54. The fourth-order valence-electron chi connectivity index (χ4n) is 0.446. The summed E-state index contributed by atoms with van der Waals surface area (Å²) in [6, 6.07) is -2.17. The van der Waals surface area contributed by atoms with Crippen molar-refractivity contribution in [3.8, 4) is 0 Å². The van der Waals surface area contributed by atoms with Gasteiger partial charge in [0.15, 0.2) is 6.10 Å². The van der Waals surface area contributed by atoms with E-state index in [1.54, 1.807) is 0 Å². The topological polar surface area (TPSA) is 72.5 Å². The smallest absolute Gasteiger partial charge is 0.339 e. The maximum absolute atomic E-state index is 12.1. The van der Waals surface area contributed by atoms with E-state index in [1.807, 2.05) is 0 Å². The molecule has 0 aliphatic heterocycles. The number of carbonyl (C=O) groups is 1. The molecular formula is C5H8ClF2NO3. The molecule has 0 spiro atoms. The number of nitrogens with two attached hydrogens (primary N) is 1. The number of alkyl halides is 3. The highest BCUT2D eigenvalue weighted by molar-refractivity contribution is 6.22. The Morgan fingerprint density at radius 3 is 2.42 bits per heavy atom. The van der Waals surface area contributed by atoms with Gasteiger partial charge in [0.2, 0.25) is 0 Å². The molecule has 0 amide bonds. The average Bonchev–Trinajstić information content (AvgIpc) is 1.98. The van der Waals surface area contributed by atoms with Crippen LogP contribution in [0, 0.1) is 0 Å². The van der Waals surface area contributed by atoms with Gasteiger partial charge < -0.3 is 15.6 Å². The number of esters is 1. The zero-order valence-corrected chi connectivity index (χ0v) is 6.89. The van der Waals surface area contributed by atoms with Crippen molar-refractivity contribution >= 4 is 17.6 Å². The van der Waals surface area contributed by atoms with Gasteiger partial charge in [-0.1, -0.05) is 0 Å². The monoisotopic (exact) mass is 203 g/mol. The lowest BCUT2D eigenvalue weighted by Crippen LogP contribution is -2.50. The maximum Gasteiger partial charge on any atom is 0.339 e. The highest BCUT2D eigenvalue weighted by Crippen LogP contribution is 2.24. The number of carbonyl (C=O) groups excluding carboxylic acids is 1. The fourth-order valence-corrected chi connectivity index (χ4v) is 0.566. The number of hydrogen-bond donors (Lipinski definition) is 2. The summed E-state index contributed by atoms with van der Waals surface area (Å²) in [7, 11) is 0.935. The number of rotatable bonds is 3. The summed E-state index contributed by atoms with van der Waals surface area (Å²) in [6.07, 6.45) is -2.12. The fraction of sp³-hybridized carbons (Fsp3) is 0.800. The van der Waals surface area contributed by atoms with Gasteiger partial charge in [-0.25, -0.2) is 4.79 Å². The summed E-state index contributed by atoms with van der Waals surface area (Å²) in [5, 5.41) is 4.92. The number of ether oxygens (including phenoxy) is 1. The Labute approximate surface area is 72.2 Å². The van der Waals surface area contributed by atoms with Gasteiger partial charge in [-0.3, -0.25) is 0 Å². The number of aliphatic hydroxyl groups excluding tert-OH is 1. The highest BCUT2D eigenvalue weighted by Gasteiger charge is 2.42. The van der Waals surface area contributed by atoms with Gasteiger partial charge in [0.25, 0.3) is 0 Å². The molecule has 0 aromatic carbocycles. The van der Waals surface area contributed by atoms with Crippen LogP contribution in [-0.4, -0.2) is 35.7 Å². The minimum absolute atomic E-state index is 0.935. The van der Waals surface area contributed by atoms with Crippen LogP contribution in [0.4, 0.5) is 8.78 Å². The SMILES string of the molecule is COC(=O)[C@H](O)[C@@H](N)C(F)(F)Cl. The van der Waals surface area contributed by atoms with Crippen LogP contribution in [0.3, 0.4) is 0 Å². The zero-order valence-electron chi connectivity index (χ0n) is 6.13. The molecule has 0 unspecified atom stereocenters. The summed E-state index contributed by atoms with van der Waals surface area (Å²) in [5.41, 5.74) is 4.74. The van der Waals surface area contributed by atoms with Crippen molar-refractivity contribution in [2.75, 3.05) is 7.11 Å². The molecule has 12 heavy (non-hydrogen) atoms. The van der Waals surface area contributed by atoms with E-state index in [2.05, 4.69) is 16.3 Å². The van der Waals surface area contributed by atoms with Crippen molar-refractivity contribution < 1.29 is 23.4 Å². The first-order valence-corrected chi connectivity index (χ1v) is 3.26. The first-order valence-electron chi connectivity index (χ1n) is 2.89. The maximum atomic E-state index is 12.1. The quantitative estimate of drug-likeness (QED) is 0.487. The predicted octanol–water partition coefficient (Wildman–Crippen LogP) is -0.321. The number of hydrogen-bond acceptors (Lipinski definition) is 4. The second-order valence-electron chi connectivity index (χ2n) is 2.04. The third-order valence-corrected chi connectivity index (χ3v) is 1.41. The van der Waals surface area contributed by atoms with Gasteiger partial charge in [0.05, 0.1) is 7.11 Å². The molecule has 4 nitrogen and oxygen atoms in total. The van der Waals surface area contributed by atoms with E-state index in [4.69, 9.17) is 10.8 Å². The van der Waals surface area contributed by atoms with Gasteiger partial charge in [-0.15, -0.1) is 0 Å². The van der Waals surface area contributed by atoms with E-state index in [9.17, 15) is 13.6 Å². The molecular weight excluding hydrogens is 196 g/mol. The lowest BCUT2D eigenvalue weighted by Gasteiger charge is -2.20. The largest absolute Gasteiger partial charge is 0.467 e. The molecule has 0 saturated heterocycles. The van der Waals surface area contributed by atoms with E-state index < -0.39 is 23.5 Å². The number of halogens is 3. The molecule has 0 bridgehead atoms. The minimum Gasteiger partial charge on any atom is -0.467 e. The highest BCUT2D eigenvalue weighted by atomic mass is 35.5. The van der Waals surface area contributed by atoms with Gasteiger partial charge >= 0.3 is 11.4 Å². The van der Waals surface area contributed by atoms with Crippen LogP contribution in [-0.2, 0) is 9.53 Å². The standard InChI is InChI=1S/C5H8ClF2NO3/c1-12-4(11)2(10)3(9)5(6,7)8/h2-3,10H,9H2,1H3/t2-,3-/m1/s1. The minimum atomic E-state index is -3.84. The van der Waals surface area contributed by atoms with Crippen molar-refractivity contribution in [1.29, 1.82) is 0 Å². The van der Waals surface area contributed by atoms with Crippen molar-refractivity contribution in [3.63, 3.8) is 0 Å². The Hall–Kier alpha value is -0.460. The summed E-state index contributed by atoms with van der Waals surface area (Å²) >= 11 is 4.45. The van der Waals surface area contributed by atoms with Crippen molar-refractivity contribution in [2.45, 2.75) is 17.5 Å². The Bertz CT molecular complexity index is 173. The molecule has 0 radical (unpaired) electrons. The van der Waals surface area contributed by atoms with Crippen LogP contribution in [0.1, 0.15) is 0 Å². The molecule has 0 aromatic rings. The van der Waals surface area contributed by atoms with Crippen LogP contribution in [0.15, 0.2) is 0 Å².